The lowest BCUT2D eigenvalue weighted by Crippen LogP contribution is -2.49. The highest BCUT2D eigenvalue weighted by atomic mass is 35.5. The molecule has 0 radical (unpaired) electrons. The summed E-state index contributed by atoms with van der Waals surface area (Å²) >= 11 is 25.5. The Bertz CT molecular complexity index is 4840. The van der Waals surface area contributed by atoms with Gasteiger partial charge in [0.15, 0.2) is 5.78 Å². The van der Waals surface area contributed by atoms with Gasteiger partial charge in [0.25, 0.3) is 17.7 Å². The Hall–Kier alpha value is -8.00. The van der Waals surface area contributed by atoms with Gasteiger partial charge in [0.05, 0.1) is 109 Å². The van der Waals surface area contributed by atoms with Crippen molar-refractivity contribution in [2.45, 2.75) is 160 Å². The molecule has 0 spiro atoms. The van der Waals surface area contributed by atoms with Crippen molar-refractivity contribution in [2.24, 2.45) is 5.92 Å². The van der Waals surface area contributed by atoms with Crippen LogP contribution in [0.15, 0.2) is 140 Å². The van der Waals surface area contributed by atoms with E-state index in [-0.39, 0.29) is 42.7 Å². The van der Waals surface area contributed by atoms with Crippen LogP contribution in [0.2, 0.25) is 20.1 Å². The van der Waals surface area contributed by atoms with Gasteiger partial charge in [-0.1, -0.05) is 133 Å². The summed E-state index contributed by atoms with van der Waals surface area (Å²) in [5.41, 5.74) is 3.55. The molecule has 5 N–H and O–H groups in total. The van der Waals surface area contributed by atoms with Gasteiger partial charge in [0.1, 0.15) is 11.4 Å². The van der Waals surface area contributed by atoms with Crippen molar-refractivity contribution in [3.63, 3.8) is 0 Å². The fourth-order valence-corrected chi connectivity index (χ4v) is 16.3. The number of alkyl halides is 4. The van der Waals surface area contributed by atoms with E-state index < -0.39 is 34.5 Å². The first kappa shape index (κ1) is 84.4. The van der Waals surface area contributed by atoms with Gasteiger partial charge in [-0.05, 0) is 130 Å². The largest absolute Gasteiger partial charge is 0.493 e. The number of carbonyl (C=O) groups is 4. The highest BCUT2D eigenvalue weighted by molar-refractivity contribution is 6.38. The summed E-state index contributed by atoms with van der Waals surface area (Å²) in [5, 5.41) is 34.9. The first-order valence-corrected chi connectivity index (χ1v) is 38.7. The van der Waals surface area contributed by atoms with Gasteiger partial charge >= 0.3 is 6.18 Å². The number of benzene rings is 6. The summed E-state index contributed by atoms with van der Waals surface area (Å²) in [7, 11) is 6.52. The van der Waals surface area contributed by atoms with Crippen molar-refractivity contribution >= 4 is 114 Å². The Kier molecular flexibility index (Phi) is 29.5. The van der Waals surface area contributed by atoms with E-state index in [0.29, 0.717) is 150 Å². The van der Waals surface area contributed by atoms with Crippen molar-refractivity contribution in [1.82, 2.24) is 34.2 Å². The predicted molar refractivity (Wildman–Crippen MR) is 425 cm³/mol. The van der Waals surface area contributed by atoms with E-state index in [1.165, 1.54) is 37.1 Å². The number of nitrogens with one attached hydrogen (secondary N) is 3. The number of amides is 3. The van der Waals surface area contributed by atoms with E-state index in [4.69, 9.17) is 70.1 Å². The molecule has 4 atom stereocenters. The molecule has 3 aliphatic rings. The molecule has 2 saturated carbocycles. The number of methoxy groups -OCH3 is 4. The van der Waals surface area contributed by atoms with Crippen molar-refractivity contribution in [3.05, 3.63) is 205 Å². The summed E-state index contributed by atoms with van der Waals surface area (Å²) in [6, 6.07) is 33.4. The van der Waals surface area contributed by atoms with E-state index >= 15 is 0 Å². The van der Waals surface area contributed by atoms with Gasteiger partial charge in [-0.3, -0.25) is 19.2 Å². The highest BCUT2D eigenvalue weighted by Crippen LogP contribution is 2.41. The number of aromatic nitrogens is 4. The second kappa shape index (κ2) is 38.5. The molecule has 3 unspecified atom stereocenters. The number of ketones is 1. The number of fused-ring (bicyclic) bond motifs is 5. The monoisotopic (exact) mass is 1600 g/mol. The number of carbonyl (C=O) groups excluding carboxylic acids is 4. The van der Waals surface area contributed by atoms with Gasteiger partial charge in [-0.15, -0.1) is 0 Å². The summed E-state index contributed by atoms with van der Waals surface area (Å²) in [6.07, 6.45) is 12.0. The van der Waals surface area contributed by atoms with E-state index in [2.05, 4.69) is 28.9 Å². The summed E-state index contributed by atoms with van der Waals surface area (Å²) < 4.78 is 87.9. The molecule has 13 rings (SSSR count). The molecule has 590 valence electrons. The van der Waals surface area contributed by atoms with Gasteiger partial charge in [-0.2, -0.15) is 13.2 Å². The topological polar surface area (TPSA) is 211 Å². The molecule has 26 heteroatoms. The SMILES string of the molecule is CCC1CCCC(O)(CCC(=O)c2cn(CCOC)c3cccc(Cl)c23)C1.COCCn1cc(C(=O)NC[C@@]2(O)CCCC(C)(F)C2)c2c(Cl)cccc21.COCCn1cc(C(=O)NCc2cccc3c2OCCC3)c2c(Cl)cccc21.COCCn1cc(C(=O)NCc2ccccc2C(F)(F)F)c2c(Cl)cccc21. The standard InChI is InChI=1S/C22H23ClN2O3.C22H30ClNO3.C20H18ClF3N2O2.C20H26ClFN2O3/c1-27-12-10-25-14-17(20-18(23)8-3-9-19(20)25)22(26)24-13-16-6-2-5-15-7-4-11-28-21(15)16;1-3-16-6-5-10-22(26,14-16)11-9-20(25)17-15-24(12-13-27-2)19-8-4-7-18(23)21(17)19;1-28-10-9-26-12-14(18-16(21)7-4-8-17(18)26)19(27)25-11-13-5-2-3-6-15(13)20(22,23)24;1-19(22)7-4-8-20(26,12-19)13-23-18(25)14-11-24(9-10-27-2)16-6-3-5-15(21)17(14)16/h2-3,5-6,8-9,14H,4,7,10-13H2,1H3,(H,24,26);4,7-8,15-16,26H,3,5-6,9-14H2,1-2H3;2-8,12H,9-11H2,1H3,(H,25,27);3,5-6,11,26H,4,7-10,12-13H2,1-2H3,(H,23,25)/t;;;19?,20-/m...1/s1. The number of hydrogen-bond donors (Lipinski definition) is 5. The Morgan fingerprint density at radius 1 is 0.545 bits per heavy atom. The maximum atomic E-state index is 14.3. The van der Waals surface area contributed by atoms with Crippen LogP contribution in [0.1, 0.15) is 155 Å². The zero-order chi connectivity index (χ0) is 78.9. The van der Waals surface area contributed by atoms with Crippen LogP contribution in [-0.4, -0.2) is 137 Å². The van der Waals surface area contributed by atoms with Crippen molar-refractivity contribution in [1.29, 1.82) is 0 Å². The maximum Gasteiger partial charge on any atom is 0.416 e. The van der Waals surface area contributed by atoms with Crippen molar-refractivity contribution in [3.8, 4) is 5.75 Å². The maximum absolute atomic E-state index is 14.3. The van der Waals surface area contributed by atoms with Crippen molar-refractivity contribution in [2.75, 3.05) is 68.0 Å². The second-order valence-corrected chi connectivity index (χ2v) is 30.3. The number of ether oxygens (including phenoxy) is 5. The number of aliphatic hydroxyl groups is 2. The first-order valence-electron chi connectivity index (χ1n) is 37.2. The van der Waals surface area contributed by atoms with Gasteiger partial charge in [-0.25, -0.2) is 4.39 Å². The quantitative estimate of drug-likeness (QED) is 0.0254. The molecule has 1 aliphatic heterocycles. The molecule has 3 amide bonds. The van der Waals surface area contributed by atoms with Gasteiger partial charge in [0.2, 0.25) is 0 Å². The van der Waals surface area contributed by atoms with Crippen LogP contribution in [-0.2, 0) is 70.8 Å². The number of halogens is 8. The number of aryl methyl sites for hydroxylation is 1. The lowest BCUT2D eigenvalue weighted by atomic mass is 9.74. The molecular formula is C84H97Cl4F4N7O11. The molecule has 18 nitrogen and oxygen atoms in total. The van der Waals surface area contributed by atoms with Crippen LogP contribution in [0.25, 0.3) is 43.6 Å². The number of para-hydroxylation sites is 1. The molecule has 2 fully saturated rings. The van der Waals surface area contributed by atoms with Crippen LogP contribution < -0.4 is 20.7 Å². The minimum atomic E-state index is -4.49. The van der Waals surface area contributed by atoms with E-state index in [1.807, 2.05) is 97.4 Å². The minimum Gasteiger partial charge on any atom is -0.493 e. The van der Waals surface area contributed by atoms with E-state index in [0.717, 1.165) is 95.4 Å². The van der Waals surface area contributed by atoms with E-state index in [9.17, 15) is 47.0 Å². The zero-order valence-electron chi connectivity index (χ0n) is 62.9. The molecule has 2 aliphatic carbocycles. The molecule has 10 aromatic rings. The molecule has 110 heavy (non-hydrogen) atoms. The molecule has 4 aromatic heterocycles. The lowest BCUT2D eigenvalue weighted by molar-refractivity contribution is -0.138. The molecule has 6 aromatic carbocycles. The Morgan fingerprint density at radius 3 is 1.44 bits per heavy atom. The third-order valence-corrected chi connectivity index (χ3v) is 22.0. The van der Waals surface area contributed by atoms with Crippen LogP contribution in [0, 0.1) is 5.92 Å². The highest BCUT2D eigenvalue weighted by Gasteiger charge is 2.42. The molecule has 0 bridgehead atoms. The molecular weight excluding hydrogens is 1500 g/mol. The zero-order valence-corrected chi connectivity index (χ0v) is 65.9. The normalized spacial score (nSPS) is 18.3. The Labute approximate surface area is 658 Å². The Morgan fingerprint density at radius 2 is 0.973 bits per heavy atom. The number of Topliss-reactive ketones (excluding diaryl/α,β-unsaturated/α-hetero) is 1. The summed E-state index contributed by atoms with van der Waals surface area (Å²) in [5.74, 6) is 0.563. The number of nitrogens with zero attached hydrogens (tertiary/aromatic N) is 4. The van der Waals surface area contributed by atoms with Crippen LogP contribution >= 0.6 is 46.4 Å². The number of hydrogen-bond acceptors (Lipinski definition) is 11. The van der Waals surface area contributed by atoms with E-state index in [1.54, 1.807) is 59.0 Å². The van der Waals surface area contributed by atoms with Gasteiger partial charge in [0, 0.05) is 145 Å². The van der Waals surface area contributed by atoms with Gasteiger partial charge < -0.3 is 68.1 Å². The summed E-state index contributed by atoms with van der Waals surface area (Å²) in [6.45, 7) is 9.09. The fourth-order valence-electron chi connectivity index (χ4n) is 15.2. The van der Waals surface area contributed by atoms with Crippen LogP contribution in [0.5, 0.6) is 5.75 Å². The smallest absolute Gasteiger partial charge is 0.416 e. The fraction of sp³-hybridized carbons (Fsp3) is 0.429. The Balaban J connectivity index is 0.000000156. The van der Waals surface area contributed by atoms with Crippen LogP contribution in [0.3, 0.4) is 0 Å². The first-order chi connectivity index (χ1) is 52.7. The van der Waals surface area contributed by atoms with Crippen molar-refractivity contribution < 1.29 is 70.6 Å². The molecule has 5 heterocycles. The third kappa shape index (κ3) is 21.0. The predicted octanol–water partition coefficient (Wildman–Crippen LogP) is 18.0. The third-order valence-electron chi connectivity index (χ3n) is 20.8. The molecule has 0 saturated heterocycles. The minimum absolute atomic E-state index is 0.00225. The number of rotatable bonds is 26. The summed E-state index contributed by atoms with van der Waals surface area (Å²) in [4.78, 5) is 51.6. The average Bonchev–Trinajstić information content (AvgIpc) is 1.64. The average molecular weight is 1600 g/mol. The van der Waals surface area contributed by atoms with Crippen LogP contribution in [0.4, 0.5) is 17.6 Å². The lowest BCUT2D eigenvalue weighted by Gasteiger charge is -2.38. The second-order valence-electron chi connectivity index (χ2n) is 28.7.